The Morgan fingerprint density at radius 1 is 1.30 bits per heavy atom. The van der Waals surface area contributed by atoms with E-state index in [1.54, 1.807) is 0 Å². The second-order valence-electron chi connectivity index (χ2n) is 7.63. The molecular weight excluding hydrogens is 274 g/mol. The predicted octanol–water partition coefficient (Wildman–Crippen LogP) is 5.78. The highest BCUT2D eigenvalue weighted by Crippen LogP contribution is 2.42. The van der Waals surface area contributed by atoms with Crippen LogP contribution in [0.2, 0.25) is 18.1 Å². The topological polar surface area (TPSA) is 9.23 Å². The summed E-state index contributed by atoms with van der Waals surface area (Å²) < 4.78 is 33.1. The molecule has 20 heavy (non-hydrogen) atoms. The molecule has 0 heterocycles. The second-order valence-corrected chi connectivity index (χ2v) is 12.4. The van der Waals surface area contributed by atoms with Crippen LogP contribution >= 0.6 is 0 Å². The molecule has 0 spiro atoms. The van der Waals surface area contributed by atoms with E-state index in [4.69, 9.17) is 4.43 Å². The normalized spacial score (nSPS) is 22.6. The third-order valence-corrected chi connectivity index (χ3v) is 9.44. The van der Waals surface area contributed by atoms with Gasteiger partial charge in [-0.3, -0.25) is 0 Å². The first-order valence-electron chi connectivity index (χ1n) is 7.65. The van der Waals surface area contributed by atoms with Crippen molar-refractivity contribution in [2.45, 2.75) is 83.0 Å². The molecule has 0 aliphatic heterocycles. The highest BCUT2D eigenvalue weighted by Gasteiger charge is 2.43. The standard InChI is InChI=1S/C16H30F2OSi/c1-7-8-14(19-20(5,6)15(2,3)4)13-9-11-16(17,18)12-10-13/h7,13-14H,1,8-12H2,2-6H3/t14-/m0/s1. The molecule has 1 saturated carbocycles. The van der Waals surface area contributed by atoms with E-state index in [2.05, 4.69) is 40.4 Å². The van der Waals surface area contributed by atoms with Crippen molar-refractivity contribution in [1.29, 1.82) is 0 Å². The monoisotopic (exact) mass is 304 g/mol. The summed E-state index contributed by atoms with van der Waals surface area (Å²) in [6, 6.07) is 0. The van der Waals surface area contributed by atoms with Crippen LogP contribution in [0.25, 0.3) is 0 Å². The first-order valence-corrected chi connectivity index (χ1v) is 10.6. The summed E-state index contributed by atoms with van der Waals surface area (Å²) in [6.45, 7) is 14.9. The van der Waals surface area contributed by atoms with Gasteiger partial charge in [-0.2, -0.15) is 0 Å². The van der Waals surface area contributed by atoms with Crippen molar-refractivity contribution in [3.05, 3.63) is 12.7 Å². The highest BCUT2D eigenvalue weighted by molar-refractivity contribution is 6.74. The van der Waals surface area contributed by atoms with Gasteiger partial charge in [0, 0.05) is 12.8 Å². The molecular formula is C16H30F2OSi. The Balaban J connectivity index is 2.73. The summed E-state index contributed by atoms with van der Waals surface area (Å²) in [6.07, 6.45) is 3.84. The van der Waals surface area contributed by atoms with E-state index in [9.17, 15) is 8.78 Å². The van der Waals surface area contributed by atoms with E-state index in [0.717, 1.165) is 6.42 Å². The molecule has 0 N–H and O–H groups in total. The molecule has 0 aromatic carbocycles. The smallest absolute Gasteiger partial charge is 0.248 e. The Labute approximate surface area is 123 Å². The first kappa shape index (κ1) is 17.8. The fourth-order valence-corrected chi connectivity index (χ4v) is 3.89. The molecule has 1 nitrogen and oxygen atoms in total. The average Bonchev–Trinajstić information content (AvgIpc) is 2.26. The molecule has 0 unspecified atom stereocenters. The number of hydrogen-bond donors (Lipinski definition) is 0. The van der Waals surface area contributed by atoms with E-state index in [-0.39, 0.29) is 29.9 Å². The molecule has 0 aromatic rings. The summed E-state index contributed by atoms with van der Waals surface area (Å²) >= 11 is 0. The molecule has 0 aromatic heterocycles. The van der Waals surface area contributed by atoms with E-state index in [1.807, 2.05) is 6.08 Å². The molecule has 1 atom stereocenters. The maximum absolute atomic E-state index is 13.3. The lowest BCUT2D eigenvalue weighted by molar-refractivity contribution is -0.0600. The van der Waals surface area contributed by atoms with Gasteiger partial charge in [0.25, 0.3) is 0 Å². The number of alkyl halides is 2. The van der Waals surface area contributed by atoms with Gasteiger partial charge in [0.15, 0.2) is 8.32 Å². The lowest BCUT2D eigenvalue weighted by atomic mass is 9.82. The van der Waals surface area contributed by atoms with Gasteiger partial charge in [-0.15, -0.1) is 6.58 Å². The first-order chi connectivity index (χ1) is 8.98. The molecule has 1 aliphatic carbocycles. The predicted molar refractivity (Wildman–Crippen MR) is 83.8 cm³/mol. The molecule has 0 bridgehead atoms. The fourth-order valence-electron chi connectivity index (χ4n) is 2.49. The van der Waals surface area contributed by atoms with E-state index >= 15 is 0 Å². The van der Waals surface area contributed by atoms with Gasteiger partial charge in [0.1, 0.15) is 0 Å². The largest absolute Gasteiger partial charge is 0.413 e. The molecule has 1 fully saturated rings. The molecule has 0 radical (unpaired) electrons. The van der Waals surface area contributed by atoms with Crippen molar-refractivity contribution in [3.8, 4) is 0 Å². The van der Waals surface area contributed by atoms with Crippen LogP contribution in [-0.4, -0.2) is 20.3 Å². The summed E-state index contributed by atoms with van der Waals surface area (Å²) in [5.41, 5.74) is 0. The summed E-state index contributed by atoms with van der Waals surface area (Å²) in [5, 5.41) is 0.144. The average molecular weight is 304 g/mol. The molecule has 1 aliphatic rings. The Bertz CT molecular complexity index is 324. The van der Waals surface area contributed by atoms with Crippen molar-refractivity contribution in [2.75, 3.05) is 0 Å². The maximum atomic E-state index is 13.3. The van der Waals surface area contributed by atoms with Crippen LogP contribution in [0.3, 0.4) is 0 Å². The van der Waals surface area contributed by atoms with Gasteiger partial charge in [0.05, 0.1) is 6.10 Å². The summed E-state index contributed by atoms with van der Waals surface area (Å²) in [5.74, 6) is -2.21. The van der Waals surface area contributed by atoms with Crippen LogP contribution < -0.4 is 0 Å². The van der Waals surface area contributed by atoms with Crippen LogP contribution in [0, 0.1) is 5.92 Å². The third kappa shape index (κ3) is 4.66. The maximum Gasteiger partial charge on any atom is 0.248 e. The SMILES string of the molecule is C=CC[C@H](O[Si](C)(C)C(C)(C)C)C1CCC(F)(F)CC1. The van der Waals surface area contributed by atoms with Gasteiger partial charge in [0.2, 0.25) is 5.92 Å². The van der Waals surface area contributed by atoms with Gasteiger partial charge in [-0.25, -0.2) is 8.78 Å². The van der Waals surface area contributed by atoms with Gasteiger partial charge in [-0.05, 0) is 43.3 Å². The van der Waals surface area contributed by atoms with Crippen LogP contribution in [0.5, 0.6) is 0 Å². The zero-order valence-electron chi connectivity index (χ0n) is 13.6. The lowest BCUT2D eigenvalue weighted by Crippen LogP contribution is -2.46. The Morgan fingerprint density at radius 3 is 2.20 bits per heavy atom. The highest BCUT2D eigenvalue weighted by atomic mass is 28.4. The minimum absolute atomic E-state index is 0.00612. The molecule has 1 rings (SSSR count). The minimum atomic E-state index is -2.47. The lowest BCUT2D eigenvalue weighted by Gasteiger charge is -2.42. The van der Waals surface area contributed by atoms with Crippen molar-refractivity contribution in [1.82, 2.24) is 0 Å². The zero-order chi connectivity index (χ0) is 15.6. The van der Waals surface area contributed by atoms with Crippen molar-refractivity contribution < 1.29 is 13.2 Å². The van der Waals surface area contributed by atoms with Crippen LogP contribution in [0.1, 0.15) is 52.9 Å². The summed E-state index contributed by atoms with van der Waals surface area (Å²) in [7, 11) is -1.86. The number of hydrogen-bond acceptors (Lipinski definition) is 1. The second kappa shape index (κ2) is 6.26. The Morgan fingerprint density at radius 2 is 1.80 bits per heavy atom. The molecule has 118 valence electrons. The third-order valence-electron chi connectivity index (χ3n) is 4.94. The number of rotatable bonds is 5. The Kier molecular flexibility index (Phi) is 5.58. The van der Waals surface area contributed by atoms with Crippen LogP contribution in [0.15, 0.2) is 12.7 Å². The zero-order valence-corrected chi connectivity index (χ0v) is 14.6. The summed E-state index contributed by atoms with van der Waals surface area (Å²) in [4.78, 5) is 0. The van der Waals surface area contributed by atoms with Gasteiger partial charge in [-0.1, -0.05) is 26.8 Å². The fraction of sp³-hybridized carbons (Fsp3) is 0.875. The minimum Gasteiger partial charge on any atom is -0.413 e. The van der Waals surface area contributed by atoms with Crippen LogP contribution in [-0.2, 0) is 4.43 Å². The van der Waals surface area contributed by atoms with E-state index in [1.165, 1.54) is 0 Å². The van der Waals surface area contributed by atoms with E-state index < -0.39 is 14.2 Å². The molecule has 4 heteroatoms. The van der Waals surface area contributed by atoms with Crippen LogP contribution in [0.4, 0.5) is 8.78 Å². The Hall–Kier alpha value is -0.223. The molecule has 0 saturated heterocycles. The van der Waals surface area contributed by atoms with Crippen molar-refractivity contribution in [2.24, 2.45) is 5.92 Å². The van der Waals surface area contributed by atoms with Gasteiger partial charge < -0.3 is 4.43 Å². The van der Waals surface area contributed by atoms with Crippen molar-refractivity contribution in [3.63, 3.8) is 0 Å². The number of halogens is 2. The molecule has 0 amide bonds. The van der Waals surface area contributed by atoms with E-state index in [0.29, 0.717) is 12.8 Å². The van der Waals surface area contributed by atoms with Gasteiger partial charge >= 0.3 is 0 Å². The quantitative estimate of drug-likeness (QED) is 0.462. The van der Waals surface area contributed by atoms with Crippen molar-refractivity contribution >= 4 is 8.32 Å².